The molecule has 1 aliphatic rings. The van der Waals surface area contributed by atoms with Crippen LogP contribution in [0.2, 0.25) is 0 Å². The first-order valence-electron chi connectivity index (χ1n) is 15.0. The molecule has 0 spiro atoms. The van der Waals surface area contributed by atoms with Gasteiger partial charge in [-0.25, -0.2) is 18.4 Å². The highest BCUT2D eigenvalue weighted by Gasteiger charge is 2.31. The fraction of sp³-hybridized carbons (Fsp3) is 0.394. The number of fused-ring (bicyclic) bond motifs is 1. The molecule has 9 nitrogen and oxygen atoms in total. The number of hydrogen-bond donors (Lipinski definition) is 1. The third-order valence-corrected chi connectivity index (χ3v) is 9.70. The van der Waals surface area contributed by atoms with Crippen molar-refractivity contribution in [2.75, 3.05) is 51.3 Å². The summed E-state index contributed by atoms with van der Waals surface area (Å²) in [5.41, 5.74) is 3.06. The number of benzene rings is 3. The van der Waals surface area contributed by atoms with Crippen molar-refractivity contribution in [1.82, 2.24) is 19.2 Å². The molecule has 43 heavy (non-hydrogen) atoms. The zero-order valence-electron chi connectivity index (χ0n) is 25.4. The van der Waals surface area contributed by atoms with Gasteiger partial charge in [0.2, 0.25) is 10.0 Å². The topological polar surface area (TPSA) is 96.9 Å². The van der Waals surface area contributed by atoms with Gasteiger partial charge in [0.15, 0.2) is 11.5 Å². The van der Waals surface area contributed by atoms with Crippen molar-refractivity contribution in [3.8, 4) is 11.5 Å². The second-order valence-corrected chi connectivity index (χ2v) is 12.6. The van der Waals surface area contributed by atoms with E-state index in [4.69, 9.17) is 19.4 Å². The summed E-state index contributed by atoms with van der Waals surface area (Å²) in [6.45, 7) is 11.9. The maximum atomic E-state index is 13.2. The standard InChI is InChI=1S/C33H41N5O4S/c1-5-41-30-16-13-26(23-31(30)42-6-2)17-18-34-33-28-9-7-8-10-29(28)35-32(36-33)25(4)37-19-21-38(22-20-37)43(39,40)27-14-11-24(3)12-15-27/h7-16,23,25H,5-6,17-22H2,1-4H3,(H,34,35,36)/t25-/m1/s1. The summed E-state index contributed by atoms with van der Waals surface area (Å²) >= 11 is 0. The Morgan fingerprint density at radius 1 is 0.884 bits per heavy atom. The lowest BCUT2D eigenvalue weighted by atomic mass is 10.1. The van der Waals surface area contributed by atoms with Crippen molar-refractivity contribution in [2.24, 2.45) is 0 Å². The van der Waals surface area contributed by atoms with E-state index in [2.05, 4.69) is 23.2 Å². The molecule has 1 aliphatic heterocycles. The van der Waals surface area contributed by atoms with Crippen molar-refractivity contribution in [3.05, 3.63) is 83.7 Å². The Balaban J connectivity index is 1.27. The first kappa shape index (κ1) is 30.7. The smallest absolute Gasteiger partial charge is 0.243 e. The molecule has 0 radical (unpaired) electrons. The lowest BCUT2D eigenvalue weighted by Crippen LogP contribution is -2.49. The van der Waals surface area contributed by atoms with E-state index >= 15 is 0 Å². The largest absolute Gasteiger partial charge is 0.490 e. The molecule has 2 heterocycles. The number of anilines is 1. The lowest BCUT2D eigenvalue weighted by Gasteiger charge is -2.36. The average Bonchev–Trinajstić information content (AvgIpc) is 3.02. The molecule has 10 heteroatoms. The molecule has 0 saturated carbocycles. The minimum absolute atomic E-state index is 0.0748. The Morgan fingerprint density at radius 3 is 2.30 bits per heavy atom. The van der Waals surface area contributed by atoms with Crippen LogP contribution in [0, 0.1) is 6.92 Å². The van der Waals surface area contributed by atoms with E-state index in [-0.39, 0.29) is 6.04 Å². The average molecular weight is 604 g/mol. The van der Waals surface area contributed by atoms with Gasteiger partial charge in [0.1, 0.15) is 11.6 Å². The first-order valence-corrected chi connectivity index (χ1v) is 16.4. The second kappa shape index (κ2) is 13.7. The number of para-hydroxylation sites is 1. The maximum Gasteiger partial charge on any atom is 0.243 e. The van der Waals surface area contributed by atoms with Gasteiger partial charge in [-0.3, -0.25) is 4.90 Å². The Hall–Kier alpha value is -3.73. The van der Waals surface area contributed by atoms with Crippen LogP contribution < -0.4 is 14.8 Å². The van der Waals surface area contributed by atoms with Crippen LogP contribution in [-0.4, -0.2) is 73.5 Å². The highest BCUT2D eigenvalue weighted by atomic mass is 32.2. The van der Waals surface area contributed by atoms with E-state index in [1.54, 1.807) is 16.4 Å². The molecular weight excluding hydrogens is 562 g/mol. The van der Waals surface area contributed by atoms with Gasteiger partial charge in [0.05, 0.1) is 29.7 Å². The summed E-state index contributed by atoms with van der Waals surface area (Å²) in [7, 11) is -3.52. The predicted octanol–water partition coefficient (Wildman–Crippen LogP) is 5.46. The highest BCUT2D eigenvalue weighted by molar-refractivity contribution is 7.89. The van der Waals surface area contributed by atoms with Crippen LogP contribution in [0.4, 0.5) is 5.82 Å². The summed E-state index contributed by atoms with van der Waals surface area (Å²) in [5, 5.41) is 4.51. The van der Waals surface area contributed by atoms with Crippen molar-refractivity contribution in [2.45, 2.75) is 45.1 Å². The van der Waals surface area contributed by atoms with E-state index in [1.165, 1.54) is 0 Å². The Bertz CT molecular complexity index is 1640. The number of ether oxygens (including phenoxy) is 2. The molecule has 1 N–H and O–H groups in total. The van der Waals surface area contributed by atoms with E-state index in [0.29, 0.717) is 50.8 Å². The third kappa shape index (κ3) is 7.09. The minimum Gasteiger partial charge on any atom is -0.490 e. The van der Waals surface area contributed by atoms with Gasteiger partial charge in [-0.1, -0.05) is 35.9 Å². The quantitative estimate of drug-likeness (QED) is 0.228. The molecule has 0 aliphatic carbocycles. The molecule has 1 fully saturated rings. The molecule has 1 saturated heterocycles. The number of aryl methyl sites for hydroxylation is 1. The molecule has 0 amide bonds. The molecular formula is C33H41N5O4S. The number of rotatable bonds is 12. The van der Waals surface area contributed by atoms with Crippen molar-refractivity contribution >= 4 is 26.7 Å². The van der Waals surface area contributed by atoms with Crippen LogP contribution in [0.1, 0.15) is 43.8 Å². The SMILES string of the molecule is CCOc1ccc(CCNc2nc([C@@H](C)N3CCN(S(=O)(=O)c4ccc(C)cc4)CC3)nc3ccccc23)cc1OCC. The zero-order chi connectivity index (χ0) is 30.4. The fourth-order valence-electron chi connectivity index (χ4n) is 5.35. The Labute approximate surface area is 254 Å². The minimum atomic E-state index is -3.52. The summed E-state index contributed by atoms with van der Waals surface area (Å²) in [6, 6.07) is 21.1. The molecule has 1 aromatic heterocycles. The highest BCUT2D eigenvalue weighted by Crippen LogP contribution is 2.30. The van der Waals surface area contributed by atoms with E-state index in [9.17, 15) is 8.42 Å². The molecule has 228 valence electrons. The fourth-order valence-corrected chi connectivity index (χ4v) is 6.77. The van der Waals surface area contributed by atoms with Crippen LogP contribution in [0.3, 0.4) is 0 Å². The molecule has 3 aromatic carbocycles. The van der Waals surface area contributed by atoms with Gasteiger partial charge < -0.3 is 14.8 Å². The van der Waals surface area contributed by atoms with Crippen LogP contribution >= 0.6 is 0 Å². The van der Waals surface area contributed by atoms with Gasteiger partial charge in [-0.05, 0) is 76.1 Å². The molecule has 0 bridgehead atoms. The number of hydrogen-bond acceptors (Lipinski definition) is 8. The van der Waals surface area contributed by atoms with E-state index < -0.39 is 10.0 Å². The summed E-state index contributed by atoms with van der Waals surface area (Å²) in [6.07, 6.45) is 0.785. The van der Waals surface area contributed by atoms with Crippen molar-refractivity contribution in [1.29, 1.82) is 0 Å². The summed E-state index contributed by atoms with van der Waals surface area (Å²) in [4.78, 5) is 12.5. The van der Waals surface area contributed by atoms with Crippen molar-refractivity contribution in [3.63, 3.8) is 0 Å². The van der Waals surface area contributed by atoms with Crippen LogP contribution in [0.25, 0.3) is 10.9 Å². The van der Waals surface area contributed by atoms with Gasteiger partial charge in [-0.15, -0.1) is 0 Å². The normalized spacial score (nSPS) is 15.3. The summed E-state index contributed by atoms with van der Waals surface area (Å²) in [5.74, 6) is 3.03. The molecule has 0 unspecified atom stereocenters. The molecule has 5 rings (SSSR count). The predicted molar refractivity (Wildman–Crippen MR) is 170 cm³/mol. The summed E-state index contributed by atoms with van der Waals surface area (Å²) < 4.78 is 39.5. The van der Waals surface area contributed by atoms with Gasteiger partial charge >= 0.3 is 0 Å². The number of nitrogens with zero attached hydrogens (tertiary/aromatic N) is 4. The lowest BCUT2D eigenvalue weighted by molar-refractivity contribution is 0.141. The molecule has 4 aromatic rings. The van der Waals surface area contributed by atoms with E-state index in [1.807, 2.05) is 69.3 Å². The van der Waals surface area contributed by atoms with Crippen LogP contribution in [0.5, 0.6) is 11.5 Å². The van der Waals surface area contributed by atoms with E-state index in [0.717, 1.165) is 51.6 Å². The van der Waals surface area contributed by atoms with Gasteiger partial charge in [-0.2, -0.15) is 4.31 Å². The molecule has 1 atom stereocenters. The van der Waals surface area contributed by atoms with Crippen molar-refractivity contribution < 1.29 is 17.9 Å². The van der Waals surface area contributed by atoms with Crippen LogP contribution in [-0.2, 0) is 16.4 Å². The Morgan fingerprint density at radius 2 is 1.58 bits per heavy atom. The number of aromatic nitrogens is 2. The van der Waals surface area contributed by atoms with Gasteiger partial charge in [0.25, 0.3) is 0 Å². The second-order valence-electron chi connectivity index (χ2n) is 10.7. The van der Waals surface area contributed by atoms with Crippen LogP contribution in [0.15, 0.2) is 71.6 Å². The number of nitrogens with one attached hydrogen (secondary N) is 1. The monoisotopic (exact) mass is 603 g/mol. The number of sulfonamides is 1. The van der Waals surface area contributed by atoms with Gasteiger partial charge in [0, 0.05) is 38.1 Å². The maximum absolute atomic E-state index is 13.2. The zero-order valence-corrected chi connectivity index (χ0v) is 26.2. The Kier molecular flexibility index (Phi) is 9.79. The third-order valence-electron chi connectivity index (χ3n) is 7.79. The first-order chi connectivity index (χ1) is 20.8. The number of piperazine rings is 1.